The second-order valence-corrected chi connectivity index (χ2v) is 9.88. The lowest BCUT2D eigenvalue weighted by Crippen LogP contribution is -2.41. The topological polar surface area (TPSA) is 64.8 Å². The van der Waals surface area contributed by atoms with Crippen molar-refractivity contribution < 1.29 is 18.7 Å². The molecule has 6 nitrogen and oxygen atoms in total. The molecule has 1 aliphatic heterocycles. The Labute approximate surface area is 230 Å². The van der Waals surface area contributed by atoms with Gasteiger partial charge in [-0.2, -0.15) is 0 Å². The quantitative estimate of drug-likeness (QED) is 0.213. The molecule has 4 aromatic rings. The number of hydrogen-bond acceptors (Lipinski definition) is 6. The molecule has 3 aromatic carbocycles. The fourth-order valence-corrected chi connectivity index (χ4v) is 5.23. The molecular weight excluding hydrogens is 488 g/mol. The van der Waals surface area contributed by atoms with E-state index in [1.807, 2.05) is 62.4 Å². The van der Waals surface area contributed by atoms with Crippen LogP contribution in [0.25, 0.3) is 11.5 Å². The number of ether oxygens (including phenoxy) is 2. The maximum Gasteiger partial charge on any atom is 0.328 e. The fourth-order valence-electron chi connectivity index (χ4n) is 5.23. The average molecular weight is 525 g/mol. The summed E-state index contributed by atoms with van der Waals surface area (Å²) in [5, 5.41) is 0. The Morgan fingerprint density at radius 3 is 2.56 bits per heavy atom. The molecule has 1 unspecified atom stereocenters. The fraction of sp³-hybridized carbons (Fsp3) is 0.333. The van der Waals surface area contributed by atoms with Crippen molar-refractivity contribution in [1.29, 1.82) is 0 Å². The van der Waals surface area contributed by atoms with Gasteiger partial charge in [0.15, 0.2) is 0 Å². The van der Waals surface area contributed by atoms with Crippen molar-refractivity contribution in [2.24, 2.45) is 0 Å². The summed E-state index contributed by atoms with van der Waals surface area (Å²) < 4.78 is 17.6. The normalized spacial score (nSPS) is 15.1. The summed E-state index contributed by atoms with van der Waals surface area (Å²) in [4.78, 5) is 20.1. The smallest absolute Gasteiger partial charge is 0.328 e. The summed E-state index contributed by atoms with van der Waals surface area (Å²) in [5.74, 6) is 1.98. The summed E-state index contributed by atoms with van der Waals surface area (Å²) >= 11 is 0. The van der Waals surface area contributed by atoms with E-state index < -0.39 is 6.04 Å². The molecule has 5 rings (SSSR count). The van der Waals surface area contributed by atoms with E-state index >= 15 is 0 Å². The van der Waals surface area contributed by atoms with Crippen LogP contribution in [0.15, 0.2) is 83.3 Å². The molecule has 0 radical (unpaired) electrons. The molecule has 1 aromatic heterocycles. The zero-order valence-electron chi connectivity index (χ0n) is 22.8. The number of rotatable bonds is 11. The zero-order valence-corrected chi connectivity index (χ0v) is 22.8. The lowest BCUT2D eigenvalue weighted by molar-refractivity contribution is -0.150. The molecule has 0 bridgehead atoms. The van der Waals surface area contributed by atoms with Gasteiger partial charge in [-0.25, -0.2) is 9.78 Å². The number of aryl methyl sites for hydroxylation is 2. The second-order valence-electron chi connectivity index (χ2n) is 9.88. The van der Waals surface area contributed by atoms with Gasteiger partial charge in [-0.05, 0) is 80.6 Å². The molecule has 0 saturated carbocycles. The average Bonchev–Trinajstić information content (AvgIpc) is 3.34. The summed E-state index contributed by atoms with van der Waals surface area (Å²) in [6, 6.07) is 26.1. The minimum Gasteiger partial charge on any atom is -0.493 e. The maximum absolute atomic E-state index is 13.1. The molecular formula is C33H36N2O4. The Balaban J connectivity index is 1.25. The minimum absolute atomic E-state index is 0.193. The van der Waals surface area contributed by atoms with Gasteiger partial charge in [0.2, 0.25) is 5.89 Å². The third-order valence-electron chi connectivity index (χ3n) is 7.23. The van der Waals surface area contributed by atoms with Gasteiger partial charge in [0.25, 0.3) is 0 Å². The summed E-state index contributed by atoms with van der Waals surface area (Å²) in [6.07, 6.45) is 3.49. The van der Waals surface area contributed by atoms with Crippen LogP contribution in [0.2, 0.25) is 0 Å². The molecule has 6 heteroatoms. The van der Waals surface area contributed by atoms with Crippen molar-refractivity contribution in [3.05, 3.63) is 107 Å². The van der Waals surface area contributed by atoms with Crippen LogP contribution >= 0.6 is 0 Å². The first-order valence-electron chi connectivity index (χ1n) is 13.8. The van der Waals surface area contributed by atoms with Gasteiger partial charge >= 0.3 is 5.97 Å². The highest BCUT2D eigenvalue weighted by Crippen LogP contribution is 2.34. The number of oxazole rings is 1. The Kier molecular flexibility index (Phi) is 8.74. The number of esters is 1. The van der Waals surface area contributed by atoms with Crippen molar-refractivity contribution in [3.8, 4) is 17.2 Å². The standard InChI is InChI=1S/C33H36N2O4/c1-3-37-33(36)31-29-23-28(38-22-19-30-24(2)39-32(34-30)27-14-8-5-9-15-27)17-16-26(29)18-21-35(31)20-10-13-25-11-6-4-7-12-25/h4-9,11-12,14-17,23,31H,3,10,13,18-22H2,1-2H3. The van der Waals surface area contributed by atoms with Crippen LogP contribution in [0.4, 0.5) is 0 Å². The highest BCUT2D eigenvalue weighted by atomic mass is 16.5. The molecule has 0 fully saturated rings. The molecule has 0 amide bonds. The van der Waals surface area contributed by atoms with Gasteiger partial charge in [-0.1, -0.05) is 54.6 Å². The largest absolute Gasteiger partial charge is 0.493 e. The van der Waals surface area contributed by atoms with Gasteiger partial charge in [-0.3, -0.25) is 4.90 Å². The first-order chi connectivity index (χ1) is 19.1. The number of carbonyl (C=O) groups excluding carboxylic acids is 1. The Bertz CT molecular complexity index is 1370. The van der Waals surface area contributed by atoms with Gasteiger partial charge in [0, 0.05) is 18.5 Å². The predicted molar refractivity (Wildman–Crippen MR) is 152 cm³/mol. The lowest BCUT2D eigenvalue weighted by atomic mass is 9.92. The number of carbonyl (C=O) groups is 1. The van der Waals surface area contributed by atoms with Crippen LogP contribution < -0.4 is 4.74 Å². The highest BCUT2D eigenvalue weighted by molar-refractivity contribution is 5.79. The van der Waals surface area contributed by atoms with Crippen LogP contribution in [0.5, 0.6) is 5.75 Å². The van der Waals surface area contributed by atoms with Crippen molar-refractivity contribution in [2.45, 2.75) is 45.6 Å². The first kappa shape index (κ1) is 26.7. The first-order valence-corrected chi connectivity index (χ1v) is 13.8. The van der Waals surface area contributed by atoms with Crippen LogP contribution in [-0.2, 0) is 28.8 Å². The van der Waals surface area contributed by atoms with Gasteiger partial charge in [0.1, 0.15) is 17.6 Å². The summed E-state index contributed by atoms with van der Waals surface area (Å²) in [7, 11) is 0. The van der Waals surface area contributed by atoms with Crippen molar-refractivity contribution in [1.82, 2.24) is 9.88 Å². The molecule has 1 aliphatic rings. The number of fused-ring (bicyclic) bond motifs is 1. The third-order valence-corrected chi connectivity index (χ3v) is 7.23. The molecule has 202 valence electrons. The van der Waals surface area contributed by atoms with Gasteiger partial charge in [-0.15, -0.1) is 0 Å². The van der Waals surface area contributed by atoms with E-state index in [0.717, 1.165) is 60.7 Å². The van der Waals surface area contributed by atoms with Crippen molar-refractivity contribution in [3.63, 3.8) is 0 Å². The number of benzene rings is 3. The Morgan fingerprint density at radius 1 is 1.03 bits per heavy atom. The van der Waals surface area contributed by atoms with Crippen LogP contribution in [-0.4, -0.2) is 42.2 Å². The highest BCUT2D eigenvalue weighted by Gasteiger charge is 2.34. The Morgan fingerprint density at radius 2 is 1.79 bits per heavy atom. The molecule has 39 heavy (non-hydrogen) atoms. The molecule has 1 atom stereocenters. The van der Waals surface area contributed by atoms with E-state index in [9.17, 15) is 4.79 Å². The van der Waals surface area contributed by atoms with Crippen molar-refractivity contribution >= 4 is 5.97 Å². The van der Waals surface area contributed by atoms with E-state index in [0.29, 0.717) is 25.5 Å². The van der Waals surface area contributed by atoms with Crippen molar-refractivity contribution in [2.75, 3.05) is 26.3 Å². The van der Waals surface area contributed by atoms with Gasteiger partial charge in [0.05, 0.1) is 18.9 Å². The maximum atomic E-state index is 13.1. The van der Waals surface area contributed by atoms with E-state index in [2.05, 4.69) is 40.2 Å². The van der Waals surface area contributed by atoms with Crippen LogP contribution in [0.1, 0.15) is 47.5 Å². The molecule has 0 spiro atoms. The molecule has 0 aliphatic carbocycles. The van der Waals surface area contributed by atoms with E-state index in [1.165, 1.54) is 11.1 Å². The predicted octanol–water partition coefficient (Wildman–Crippen LogP) is 6.37. The number of nitrogens with zero attached hydrogens (tertiary/aromatic N) is 2. The SMILES string of the molecule is CCOC(=O)C1c2cc(OCCc3nc(-c4ccccc4)oc3C)ccc2CCN1CCCc1ccccc1. The van der Waals surface area contributed by atoms with Crippen LogP contribution in [0.3, 0.4) is 0 Å². The lowest BCUT2D eigenvalue weighted by Gasteiger charge is -2.36. The molecule has 2 heterocycles. The monoisotopic (exact) mass is 524 g/mol. The van der Waals surface area contributed by atoms with E-state index in [1.54, 1.807) is 0 Å². The minimum atomic E-state index is -0.417. The third kappa shape index (κ3) is 6.58. The molecule has 0 saturated heterocycles. The van der Waals surface area contributed by atoms with Crippen LogP contribution in [0, 0.1) is 6.92 Å². The number of aromatic nitrogens is 1. The van der Waals surface area contributed by atoms with E-state index in [4.69, 9.17) is 13.9 Å². The summed E-state index contributed by atoms with van der Waals surface area (Å²) in [5.41, 5.74) is 5.33. The zero-order chi connectivity index (χ0) is 27.0. The second kappa shape index (κ2) is 12.8. The van der Waals surface area contributed by atoms with E-state index in [-0.39, 0.29) is 5.97 Å². The summed E-state index contributed by atoms with van der Waals surface area (Å²) in [6.45, 7) is 6.28. The Hall–Kier alpha value is -3.90. The molecule has 0 N–H and O–H groups in total. The number of hydrogen-bond donors (Lipinski definition) is 0. The van der Waals surface area contributed by atoms with Gasteiger partial charge < -0.3 is 13.9 Å².